The predicted molar refractivity (Wildman–Crippen MR) is 75.3 cm³/mol. The summed E-state index contributed by atoms with van der Waals surface area (Å²) in [6.45, 7) is 0. The number of rotatable bonds is 2. The Kier molecular flexibility index (Phi) is 2.72. The number of hydrogen-bond donors (Lipinski definition) is 2. The van der Waals surface area contributed by atoms with Crippen molar-refractivity contribution in [3.05, 3.63) is 46.9 Å². The van der Waals surface area contributed by atoms with E-state index in [1.54, 1.807) is 12.1 Å². The van der Waals surface area contributed by atoms with E-state index >= 15 is 0 Å². The second-order valence-electron chi connectivity index (χ2n) is 4.48. The Balaban J connectivity index is 2.19. The minimum atomic E-state index is -3.26. The average Bonchev–Trinajstić information content (AvgIpc) is 2.80. The quantitative estimate of drug-likeness (QED) is 0.743. The SMILES string of the molecule is CS(=O)(=O)c1ccc2nc(-c3cc[nH]c(=O)c3)[nH]c2c1. The van der Waals surface area contributed by atoms with Crippen LogP contribution in [0.15, 0.2) is 46.2 Å². The molecule has 1 aromatic carbocycles. The molecule has 0 fully saturated rings. The number of H-pyrrole nitrogens is 2. The highest BCUT2D eigenvalue weighted by atomic mass is 32.2. The molecule has 6 nitrogen and oxygen atoms in total. The Morgan fingerprint density at radius 3 is 2.65 bits per heavy atom. The number of aromatic amines is 2. The van der Waals surface area contributed by atoms with Crippen LogP contribution in [0.5, 0.6) is 0 Å². The highest BCUT2D eigenvalue weighted by Gasteiger charge is 2.11. The van der Waals surface area contributed by atoms with Gasteiger partial charge in [0.15, 0.2) is 9.84 Å². The Labute approximate surface area is 114 Å². The van der Waals surface area contributed by atoms with E-state index in [2.05, 4.69) is 15.0 Å². The number of sulfone groups is 1. The maximum atomic E-state index is 11.5. The molecule has 0 saturated heterocycles. The fourth-order valence-electron chi connectivity index (χ4n) is 1.95. The van der Waals surface area contributed by atoms with Gasteiger partial charge in [-0.15, -0.1) is 0 Å². The molecule has 102 valence electrons. The van der Waals surface area contributed by atoms with Gasteiger partial charge in [0.25, 0.3) is 0 Å². The van der Waals surface area contributed by atoms with Crippen molar-refractivity contribution in [2.75, 3.05) is 6.26 Å². The highest BCUT2D eigenvalue weighted by Crippen LogP contribution is 2.21. The molecule has 2 aromatic heterocycles. The molecule has 0 unspecified atom stereocenters. The number of nitrogens with one attached hydrogen (secondary N) is 2. The van der Waals surface area contributed by atoms with Crippen LogP contribution in [-0.2, 0) is 9.84 Å². The van der Waals surface area contributed by atoms with E-state index < -0.39 is 9.84 Å². The van der Waals surface area contributed by atoms with Crippen LogP contribution in [0, 0.1) is 0 Å². The molecule has 0 saturated carbocycles. The molecule has 0 bridgehead atoms. The lowest BCUT2D eigenvalue weighted by Gasteiger charge is -1.96. The molecule has 0 aliphatic carbocycles. The largest absolute Gasteiger partial charge is 0.338 e. The summed E-state index contributed by atoms with van der Waals surface area (Å²) >= 11 is 0. The summed E-state index contributed by atoms with van der Waals surface area (Å²) in [6.07, 6.45) is 2.69. The van der Waals surface area contributed by atoms with Gasteiger partial charge in [-0.25, -0.2) is 13.4 Å². The van der Waals surface area contributed by atoms with Crippen molar-refractivity contribution in [2.24, 2.45) is 0 Å². The molecule has 0 aliphatic heterocycles. The third-order valence-electron chi connectivity index (χ3n) is 2.93. The van der Waals surface area contributed by atoms with Gasteiger partial charge in [0, 0.05) is 24.1 Å². The number of pyridine rings is 1. The van der Waals surface area contributed by atoms with E-state index in [9.17, 15) is 13.2 Å². The maximum Gasteiger partial charge on any atom is 0.248 e. The van der Waals surface area contributed by atoms with Crippen molar-refractivity contribution in [3.8, 4) is 11.4 Å². The number of benzene rings is 1. The average molecular weight is 289 g/mol. The minimum absolute atomic E-state index is 0.222. The molecule has 3 aromatic rings. The van der Waals surface area contributed by atoms with Gasteiger partial charge in [-0.1, -0.05) is 0 Å². The summed E-state index contributed by atoms with van der Waals surface area (Å²) in [7, 11) is -3.26. The van der Waals surface area contributed by atoms with E-state index in [0.29, 0.717) is 22.4 Å². The Morgan fingerprint density at radius 1 is 1.15 bits per heavy atom. The highest BCUT2D eigenvalue weighted by molar-refractivity contribution is 7.90. The Morgan fingerprint density at radius 2 is 1.95 bits per heavy atom. The monoisotopic (exact) mass is 289 g/mol. The number of aromatic nitrogens is 3. The third kappa shape index (κ3) is 2.23. The van der Waals surface area contributed by atoms with Crippen molar-refractivity contribution in [1.29, 1.82) is 0 Å². The third-order valence-corrected chi connectivity index (χ3v) is 4.04. The van der Waals surface area contributed by atoms with Crippen LogP contribution in [0.2, 0.25) is 0 Å². The molecule has 2 N–H and O–H groups in total. The molecule has 20 heavy (non-hydrogen) atoms. The second kappa shape index (κ2) is 4.31. The number of nitrogens with zero attached hydrogens (tertiary/aromatic N) is 1. The van der Waals surface area contributed by atoms with Crippen LogP contribution in [0.25, 0.3) is 22.4 Å². The number of hydrogen-bond acceptors (Lipinski definition) is 4. The van der Waals surface area contributed by atoms with Crippen molar-refractivity contribution >= 4 is 20.9 Å². The standard InChI is InChI=1S/C13H11N3O3S/c1-20(18,19)9-2-3-10-11(7-9)16-13(15-10)8-4-5-14-12(17)6-8/h2-7H,1H3,(H,14,17)(H,15,16). The second-order valence-corrected chi connectivity index (χ2v) is 6.49. The van der Waals surface area contributed by atoms with Gasteiger partial charge in [-0.3, -0.25) is 4.79 Å². The molecule has 0 spiro atoms. The zero-order chi connectivity index (χ0) is 14.3. The van der Waals surface area contributed by atoms with Crippen LogP contribution in [0.3, 0.4) is 0 Å². The van der Waals surface area contributed by atoms with Crippen molar-refractivity contribution in [3.63, 3.8) is 0 Å². The Bertz CT molecular complexity index is 954. The summed E-state index contributed by atoms with van der Waals surface area (Å²) in [5.41, 5.74) is 1.68. The number of imidazole rings is 1. The van der Waals surface area contributed by atoms with Gasteiger partial charge < -0.3 is 9.97 Å². The first-order valence-electron chi connectivity index (χ1n) is 5.82. The molecule has 0 radical (unpaired) electrons. The fourth-order valence-corrected chi connectivity index (χ4v) is 2.60. The van der Waals surface area contributed by atoms with Crippen LogP contribution < -0.4 is 5.56 Å². The first-order valence-corrected chi connectivity index (χ1v) is 7.71. The maximum absolute atomic E-state index is 11.5. The van der Waals surface area contributed by atoms with Crippen molar-refractivity contribution < 1.29 is 8.42 Å². The molecule has 3 rings (SSSR count). The van der Waals surface area contributed by atoms with E-state index in [-0.39, 0.29) is 10.5 Å². The lowest BCUT2D eigenvalue weighted by atomic mass is 10.2. The lowest BCUT2D eigenvalue weighted by molar-refractivity contribution is 0.602. The summed E-state index contributed by atoms with van der Waals surface area (Å²) < 4.78 is 23.0. The molecule has 0 aliphatic rings. The molecule has 7 heteroatoms. The summed E-state index contributed by atoms with van der Waals surface area (Å²) in [6, 6.07) is 7.83. The summed E-state index contributed by atoms with van der Waals surface area (Å²) in [5, 5.41) is 0. The zero-order valence-corrected chi connectivity index (χ0v) is 11.4. The topological polar surface area (TPSA) is 95.7 Å². The van der Waals surface area contributed by atoms with Gasteiger partial charge in [0.1, 0.15) is 5.82 Å². The van der Waals surface area contributed by atoms with E-state index in [1.165, 1.54) is 24.4 Å². The summed E-state index contributed by atoms with van der Waals surface area (Å²) in [4.78, 5) is 21.4. The van der Waals surface area contributed by atoms with Crippen molar-refractivity contribution in [1.82, 2.24) is 15.0 Å². The smallest absolute Gasteiger partial charge is 0.248 e. The van der Waals surface area contributed by atoms with E-state index in [4.69, 9.17) is 0 Å². The molecule has 0 amide bonds. The predicted octanol–water partition coefficient (Wildman–Crippen LogP) is 1.32. The first-order chi connectivity index (χ1) is 9.43. The van der Waals surface area contributed by atoms with Crippen LogP contribution >= 0.6 is 0 Å². The normalized spacial score (nSPS) is 11.8. The van der Waals surface area contributed by atoms with Gasteiger partial charge in [0.2, 0.25) is 5.56 Å². The number of fused-ring (bicyclic) bond motifs is 1. The molecule has 0 atom stereocenters. The van der Waals surface area contributed by atoms with E-state index in [1.807, 2.05) is 0 Å². The lowest BCUT2D eigenvalue weighted by Crippen LogP contribution is -2.02. The minimum Gasteiger partial charge on any atom is -0.338 e. The van der Waals surface area contributed by atoms with Crippen LogP contribution in [0.1, 0.15) is 0 Å². The van der Waals surface area contributed by atoms with Gasteiger partial charge in [-0.05, 0) is 24.3 Å². The van der Waals surface area contributed by atoms with Crippen LogP contribution in [0.4, 0.5) is 0 Å². The molecular formula is C13H11N3O3S. The van der Waals surface area contributed by atoms with Crippen LogP contribution in [-0.4, -0.2) is 29.6 Å². The summed E-state index contributed by atoms with van der Waals surface area (Å²) in [5.74, 6) is 0.525. The van der Waals surface area contributed by atoms with Gasteiger partial charge in [0.05, 0.1) is 15.9 Å². The fraction of sp³-hybridized carbons (Fsp3) is 0.0769. The molecular weight excluding hydrogens is 278 g/mol. The van der Waals surface area contributed by atoms with Gasteiger partial charge in [-0.2, -0.15) is 0 Å². The van der Waals surface area contributed by atoms with Gasteiger partial charge >= 0.3 is 0 Å². The van der Waals surface area contributed by atoms with Crippen molar-refractivity contribution in [2.45, 2.75) is 4.90 Å². The molecule has 2 heterocycles. The zero-order valence-electron chi connectivity index (χ0n) is 10.5. The first kappa shape index (κ1) is 12.6. The Hall–Kier alpha value is -2.41. The van der Waals surface area contributed by atoms with E-state index in [0.717, 1.165) is 6.26 Å².